The number of nitrogens with one attached hydrogen (secondary N) is 1. The SMILES string of the molecule is CCOc1c(Br)cc(C(=O)OCC(=O)Nc2ccc3c(c2)OCCO3)cc1OC. The molecule has 0 saturated heterocycles. The van der Waals surface area contributed by atoms with Gasteiger partial charge in [-0.3, -0.25) is 4.79 Å². The number of fused-ring (bicyclic) bond motifs is 1. The molecule has 0 spiro atoms. The molecule has 0 atom stereocenters. The van der Waals surface area contributed by atoms with Gasteiger partial charge in [-0.1, -0.05) is 0 Å². The first kappa shape index (κ1) is 20.8. The number of benzene rings is 2. The molecule has 0 aromatic heterocycles. The van der Waals surface area contributed by atoms with Crippen molar-refractivity contribution in [1.29, 1.82) is 0 Å². The summed E-state index contributed by atoms with van der Waals surface area (Å²) < 4.78 is 27.3. The van der Waals surface area contributed by atoms with Gasteiger partial charge in [0.1, 0.15) is 13.2 Å². The van der Waals surface area contributed by atoms with E-state index in [-0.39, 0.29) is 5.56 Å². The van der Waals surface area contributed by atoms with Crippen molar-refractivity contribution in [3.63, 3.8) is 0 Å². The summed E-state index contributed by atoms with van der Waals surface area (Å²) in [6.45, 7) is 2.78. The Morgan fingerprint density at radius 2 is 1.90 bits per heavy atom. The monoisotopic (exact) mass is 465 g/mol. The minimum atomic E-state index is -0.663. The van der Waals surface area contributed by atoms with Gasteiger partial charge >= 0.3 is 5.97 Å². The largest absolute Gasteiger partial charge is 0.493 e. The zero-order chi connectivity index (χ0) is 20.8. The summed E-state index contributed by atoms with van der Waals surface area (Å²) in [6.07, 6.45) is 0. The van der Waals surface area contributed by atoms with Gasteiger partial charge in [0.2, 0.25) is 0 Å². The summed E-state index contributed by atoms with van der Waals surface area (Å²) in [6, 6.07) is 8.09. The van der Waals surface area contributed by atoms with Gasteiger partial charge in [0, 0.05) is 11.8 Å². The number of carbonyl (C=O) groups excluding carboxylic acids is 2. The molecule has 0 aliphatic carbocycles. The average molecular weight is 466 g/mol. The van der Waals surface area contributed by atoms with Crippen LogP contribution in [0.5, 0.6) is 23.0 Å². The van der Waals surface area contributed by atoms with Crippen LogP contribution in [0, 0.1) is 0 Å². The molecule has 8 nitrogen and oxygen atoms in total. The summed E-state index contributed by atoms with van der Waals surface area (Å²) in [5.74, 6) is 0.904. The predicted octanol–water partition coefficient (Wildman–Crippen LogP) is 3.42. The highest BCUT2D eigenvalue weighted by molar-refractivity contribution is 9.10. The van der Waals surface area contributed by atoms with Crippen LogP contribution < -0.4 is 24.3 Å². The molecule has 2 aromatic carbocycles. The van der Waals surface area contributed by atoms with Crippen LogP contribution in [0.2, 0.25) is 0 Å². The highest BCUT2D eigenvalue weighted by Crippen LogP contribution is 2.37. The molecular formula is C20H20BrNO7. The molecule has 3 rings (SSSR count). The van der Waals surface area contributed by atoms with E-state index in [1.54, 1.807) is 24.3 Å². The van der Waals surface area contributed by atoms with Crippen LogP contribution in [-0.2, 0) is 9.53 Å². The number of hydrogen-bond donors (Lipinski definition) is 1. The van der Waals surface area contributed by atoms with E-state index in [1.165, 1.54) is 13.2 Å². The van der Waals surface area contributed by atoms with Crippen molar-refractivity contribution in [2.45, 2.75) is 6.92 Å². The Bertz CT molecular complexity index is 916. The molecule has 0 saturated carbocycles. The zero-order valence-corrected chi connectivity index (χ0v) is 17.5. The van der Waals surface area contributed by atoms with Gasteiger partial charge in [-0.05, 0) is 47.1 Å². The van der Waals surface area contributed by atoms with Crippen molar-refractivity contribution >= 4 is 33.5 Å². The van der Waals surface area contributed by atoms with Crippen molar-refractivity contribution < 1.29 is 33.3 Å². The third-order valence-corrected chi connectivity index (χ3v) is 4.50. The Hall–Kier alpha value is -2.94. The molecule has 0 fully saturated rings. The van der Waals surface area contributed by atoms with E-state index in [4.69, 9.17) is 23.7 Å². The molecule has 154 valence electrons. The summed E-state index contributed by atoms with van der Waals surface area (Å²) in [7, 11) is 1.47. The first-order chi connectivity index (χ1) is 14.0. The highest BCUT2D eigenvalue weighted by Gasteiger charge is 2.18. The van der Waals surface area contributed by atoms with E-state index in [1.807, 2.05) is 6.92 Å². The third-order valence-electron chi connectivity index (χ3n) is 3.91. The molecule has 29 heavy (non-hydrogen) atoms. The normalized spacial score (nSPS) is 12.1. The van der Waals surface area contributed by atoms with Gasteiger partial charge in [0.05, 0.1) is 23.8 Å². The Morgan fingerprint density at radius 1 is 1.14 bits per heavy atom. The Labute approximate surface area is 176 Å². The Kier molecular flexibility index (Phi) is 6.82. The molecule has 0 bridgehead atoms. The minimum Gasteiger partial charge on any atom is -0.493 e. The van der Waals surface area contributed by atoms with Crippen molar-refractivity contribution in [1.82, 2.24) is 0 Å². The van der Waals surface area contributed by atoms with Crippen molar-refractivity contribution in [2.24, 2.45) is 0 Å². The number of ether oxygens (including phenoxy) is 5. The van der Waals surface area contributed by atoms with Crippen LogP contribution in [-0.4, -0.2) is 45.4 Å². The van der Waals surface area contributed by atoms with Crippen LogP contribution in [0.15, 0.2) is 34.8 Å². The summed E-state index contributed by atoms with van der Waals surface area (Å²) >= 11 is 3.35. The second-order valence-corrected chi connectivity index (χ2v) is 6.76. The van der Waals surface area contributed by atoms with E-state index in [0.29, 0.717) is 53.0 Å². The number of rotatable bonds is 7. The van der Waals surface area contributed by atoms with Gasteiger partial charge in [-0.25, -0.2) is 4.79 Å². The van der Waals surface area contributed by atoms with Gasteiger partial charge in [-0.15, -0.1) is 0 Å². The number of halogens is 1. The van der Waals surface area contributed by atoms with E-state index in [9.17, 15) is 9.59 Å². The lowest BCUT2D eigenvalue weighted by Crippen LogP contribution is -2.21. The third kappa shape index (κ3) is 5.11. The second-order valence-electron chi connectivity index (χ2n) is 5.91. The van der Waals surface area contributed by atoms with Crippen molar-refractivity contribution in [2.75, 3.05) is 38.9 Å². The van der Waals surface area contributed by atoms with E-state index in [2.05, 4.69) is 21.2 Å². The maximum Gasteiger partial charge on any atom is 0.338 e. The van der Waals surface area contributed by atoms with E-state index >= 15 is 0 Å². The highest BCUT2D eigenvalue weighted by atomic mass is 79.9. The van der Waals surface area contributed by atoms with Gasteiger partial charge < -0.3 is 29.0 Å². The predicted molar refractivity (Wildman–Crippen MR) is 108 cm³/mol. The van der Waals surface area contributed by atoms with Crippen LogP contribution in [0.3, 0.4) is 0 Å². The number of methoxy groups -OCH3 is 1. The molecule has 1 heterocycles. The number of hydrogen-bond acceptors (Lipinski definition) is 7. The van der Waals surface area contributed by atoms with Crippen molar-refractivity contribution in [3.8, 4) is 23.0 Å². The number of esters is 1. The molecule has 2 aromatic rings. The minimum absolute atomic E-state index is 0.226. The first-order valence-corrected chi connectivity index (χ1v) is 9.68. The maximum absolute atomic E-state index is 12.3. The maximum atomic E-state index is 12.3. The fourth-order valence-electron chi connectivity index (χ4n) is 2.65. The van der Waals surface area contributed by atoms with Gasteiger partial charge in [0.25, 0.3) is 5.91 Å². The molecular weight excluding hydrogens is 446 g/mol. The quantitative estimate of drug-likeness (QED) is 0.626. The number of amides is 1. The molecule has 0 unspecified atom stereocenters. The Morgan fingerprint density at radius 3 is 2.62 bits per heavy atom. The molecule has 1 N–H and O–H groups in total. The van der Waals surface area contributed by atoms with E-state index in [0.717, 1.165) is 0 Å². The second kappa shape index (κ2) is 9.51. The van der Waals surface area contributed by atoms with Gasteiger partial charge in [0.15, 0.2) is 29.6 Å². The summed E-state index contributed by atoms with van der Waals surface area (Å²) in [5.41, 5.74) is 0.741. The lowest BCUT2D eigenvalue weighted by atomic mass is 10.2. The number of anilines is 1. The van der Waals surface area contributed by atoms with Crippen LogP contribution in [0.4, 0.5) is 5.69 Å². The fraction of sp³-hybridized carbons (Fsp3) is 0.300. The fourth-order valence-corrected chi connectivity index (χ4v) is 3.21. The molecule has 0 radical (unpaired) electrons. The van der Waals surface area contributed by atoms with E-state index < -0.39 is 18.5 Å². The lowest BCUT2D eigenvalue weighted by molar-refractivity contribution is -0.119. The first-order valence-electron chi connectivity index (χ1n) is 8.88. The average Bonchev–Trinajstić information content (AvgIpc) is 2.73. The Balaban J connectivity index is 1.60. The van der Waals surface area contributed by atoms with Crippen LogP contribution in [0.25, 0.3) is 0 Å². The zero-order valence-electron chi connectivity index (χ0n) is 16.0. The van der Waals surface area contributed by atoms with Crippen LogP contribution >= 0.6 is 15.9 Å². The number of carbonyl (C=O) groups is 2. The lowest BCUT2D eigenvalue weighted by Gasteiger charge is -2.19. The molecule has 1 aliphatic heterocycles. The topological polar surface area (TPSA) is 92.3 Å². The summed E-state index contributed by atoms with van der Waals surface area (Å²) in [4.78, 5) is 24.5. The molecule has 1 amide bonds. The molecule has 9 heteroatoms. The van der Waals surface area contributed by atoms with Gasteiger partial charge in [-0.2, -0.15) is 0 Å². The summed E-state index contributed by atoms with van der Waals surface area (Å²) in [5, 5.41) is 2.65. The smallest absolute Gasteiger partial charge is 0.338 e. The van der Waals surface area contributed by atoms with Crippen molar-refractivity contribution in [3.05, 3.63) is 40.4 Å². The molecule has 1 aliphatic rings. The van der Waals surface area contributed by atoms with Crippen LogP contribution in [0.1, 0.15) is 17.3 Å². The standard InChI is InChI=1S/C20H20BrNO7/c1-3-26-19-14(21)8-12(9-17(19)25-2)20(24)29-11-18(23)22-13-4-5-15-16(10-13)28-7-6-27-15/h4-5,8-10H,3,6-7,11H2,1-2H3,(H,22,23).